The van der Waals surface area contributed by atoms with Crippen LogP contribution in [0.2, 0.25) is 0 Å². The highest BCUT2D eigenvalue weighted by molar-refractivity contribution is 7.09. The Morgan fingerprint density at radius 3 is 2.89 bits per heavy atom. The highest BCUT2D eigenvalue weighted by Gasteiger charge is 2.16. The van der Waals surface area contributed by atoms with Crippen LogP contribution in [-0.2, 0) is 0 Å². The Labute approximate surface area is 108 Å². The Morgan fingerprint density at radius 1 is 1.17 bits per heavy atom. The average Bonchev–Trinajstić information content (AvgIpc) is 2.94. The largest absolute Gasteiger partial charge is 0.271 e. The van der Waals surface area contributed by atoms with Gasteiger partial charge in [0.15, 0.2) is 0 Å². The van der Waals surface area contributed by atoms with E-state index in [2.05, 4.69) is 21.5 Å². The number of nitrogens with zero attached hydrogens (tertiary/aromatic N) is 2. The third-order valence-corrected chi connectivity index (χ3v) is 3.77. The molecule has 90 valence electrons. The molecule has 0 aliphatic carbocycles. The van der Waals surface area contributed by atoms with Gasteiger partial charge in [0.05, 0.1) is 11.6 Å². The number of nitrogens with two attached hydrogens (primary N) is 1. The zero-order valence-electron chi connectivity index (χ0n) is 9.58. The second kappa shape index (κ2) is 4.81. The van der Waals surface area contributed by atoms with E-state index in [-0.39, 0.29) is 6.04 Å². The topological polar surface area (TPSA) is 63.8 Å². The molecule has 0 saturated heterocycles. The minimum atomic E-state index is -0.0383. The fraction of sp³-hybridized carbons (Fsp3) is 0.0769. The molecule has 0 amide bonds. The van der Waals surface area contributed by atoms with E-state index in [1.807, 2.05) is 36.1 Å². The normalized spacial score (nSPS) is 12.7. The number of pyridine rings is 1. The van der Waals surface area contributed by atoms with Gasteiger partial charge < -0.3 is 0 Å². The summed E-state index contributed by atoms with van der Waals surface area (Å²) in [4.78, 5) is 9.35. The monoisotopic (exact) mass is 256 g/mol. The first-order valence-electron chi connectivity index (χ1n) is 5.57. The molecule has 4 nitrogen and oxygen atoms in total. The quantitative estimate of drug-likeness (QED) is 0.557. The van der Waals surface area contributed by atoms with Crippen molar-refractivity contribution in [2.45, 2.75) is 6.04 Å². The van der Waals surface area contributed by atoms with Crippen LogP contribution in [0.4, 0.5) is 0 Å². The Kier molecular flexibility index (Phi) is 3.02. The number of fused-ring (bicyclic) bond motifs is 1. The summed E-state index contributed by atoms with van der Waals surface area (Å²) in [5.41, 5.74) is 5.82. The van der Waals surface area contributed by atoms with Gasteiger partial charge in [-0.1, -0.05) is 18.2 Å². The standard InChI is InChI=1S/C13H12N4S/c14-17-13(12-7-16-8-18-12)11-3-1-2-9-6-15-5-4-10(9)11/h1-8,13,17H,14H2. The third-order valence-electron chi connectivity index (χ3n) is 2.93. The van der Waals surface area contributed by atoms with Gasteiger partial charge in [-0.05, 0) is 17.0 Å². The molecule has 0 saturated carbocycles. The van der Waals surface area contributed by atoms with Crippen molar-refractivity contribution in [1.29, 1.82) is 0 Å². The van der Waals surface area contributed by atoms with Gasteiger partial charge in [0, 0.05) is 28.9 Å². The fourth-order valence-corrected chi connectivity index (χ4v) is 2.79. The van der Waals surface area contributed by atoms with Crippen molar-refractivity contribution in [3.63, 3.8) is 0 Å². The Bertz CT molecular complexity index is 646. The molecule has 5 heteroatoms. The van der Waals surface area contributed by atoms with E-state index in [1.54, 1.807) is 17.5 Å². The molecule has 0 bridgehead atoms. The third kappa shape index (κ3) is 1.88. The van der Waals surface area contributed by atoms with Crippen molar-refractivity contribution in [2.75, 3.05) is 0 Å². The molecule has 0 fully saturated rings. The van der Waals surface area contributed by atoms with Crippen LogP contribution in [0.3, 0.4) is 0 Å². The van der Waals surface area contributed by atoms with Gasteiger partial charge in [-0.3, -0.25) is 15.8 Å². The molecule has 2 aromatic heterocycles. The maximum absolute atomic E-state index is 5.70. The SMILES string of the molecule is NNC(c1cncs1)c1cccc2cnccc12. The van der Waals surface area contributed by atoms with E-state index in [0.29, 0.717) is 0 Å². The smallest absolute Gasteiger partial charge is 0.0824 e. The summed E-state index contributed by atoms with van der Waals surface area (Å²) < 4.78 is 0. The van der Waals surface area contributed by atoms with E-state index < -0.39 is 0 Å². The second-order valence-corrected chi connectivity index (χ2v) is 4.87. The second-order valence-electron chi connectivity index (χ2n) is 3.95. The van der Waals surface area contributed by atoms with Crippen molar-refractivity contribution >= 4 is 22.1 Å². The fourth-order valence-electron chi connectivity index (χ4n) is 2.09. The van der Waals surface area contributed by atoms with Gasteiger partial charge in [0.25, 0.3) is 0 Å². The predicted molar refractivity (Wildman–Crippen MR) is 73.0 cm³/mol. The zero-order valence-corrected chi connectivity index (χ0v) is 10.4. The summed E-state index contributed by atoms with van der Waals surface area (Å²) in [6.45, 7) is 0. The van der Waals surface area contributed by atoms with E-state index in [4.69, 9.17) is 5.84 Å². The molecule has 18 heavy (non-hydrogen) atoms. The predicted octanol–water partition coefficient (Wildman–Crippen LogP) is 2.24. The maximum atomic E-state index is 5.70. The van der Waals surface area contributed by atoms with Crippen LogP contribution < -0.4 is 11.3 Å². The number of aromatic nitrogens is 2. The highest BCUT2D eigenvalue weighted by atomic mass is 32.1. The summed E-state index contributed by atoms with van der Waals surface area (Å²) in [7, 11) is 0. The number of benzene rings is 1. The maximum Gasteiger partial charge on any atom is 0.0824 e. The van der Waals surface area contributed by atoms with Crippen LogP contribution >= 0.6 is 11.3 Å². The number of hydrogen-bond donors (Lipinski definition) is 2. The summed E-state index contributed by atoms with van der Waals surface area (Å²) in [5.74, 6) is 5.70. The summed E-state index contributed by atoms with van der Waals surface area (Å²) in [6.07, 6.45) is 5.50. The average molecular weight is 256 g/mol. The van der Waals surface area contributed by atoms with Crippen LogP contribution in [0.1, 0.15) is 16.5 Å². The van der Waals surface area contributed by atoms with Gasteiger partial charge in [0.2, 0.25) is 0 Å². The number of hydrogen-bond acceptors (Lipinski definition) is 5. The van der Waals surface area contributed by atoms with Crippen molar-refractivity contribution in [1.82, 2.24) is 15.4 Å². The molecule has 1 aromatic carbocycles. The van der Waals surface area contributed by atoms with Gasteiger partial charge >= 0.3 is 0 Å². The zero-order chi connectivity index (χ0) is 12.4. The molecule has 1 unspecified atom stereocenters. The van der Waals surface area contributed by atoms with E-state index >= 15 is 0 Å². The van der Waals surface area contributed by atoms with Crippen molar-refractivity contribution in [3.05, 3.63) is 58.8 Å². The number of rotatable bonds is 3. The molecule has 3 rings (SSSR count). The molecular weight excluding hydrogens is 244 g/mol. The van der Waals surface area contributed by atoms with Gasteiger partial charge in [-0.15, -0.1) is 11.3 Å². The van der Waals surface area contributed by atoms with Crippen LogP contribution in [0, 0.1) is 0 Å². The lowest BCUT2D eigenvalue weighted by Gasteiger charge is -2.16. The Balaban J connectivity index is 2.18. The molecule has 0 radical (unpaired) electrons. The lowest BCUT2D eigenvalue weighted by atomic mass is 10.00. The Hall–Kier alpha value is -1.82. The molecule has 3 N–H and O–H groups in total. The van der Waals surface area contributed by atoms with Gasteiger partial charge in [0.1, 0.15) is 0 Å². The molecule has 0 spiro atoms. The van der Waals surface area contributed by atoms with Gasteiger partial charge in [-0.2, -0.15) is 0 Å². The van der Waals surface area contributed by atoms with Crippen molar-refractivity contribution in [2.24, 2.45) is 5.84 Å². The number of nitrogens with one attached hydrogen (secondary N) is 1. The summed E-state index contributed by atoms with van der Waals surface area (Å²) in [5, 5.41) is 2.27. The molecular formula is C13H12N4S. The Morgan fingerprint density at radius 2 is 2.11 bits per heavy atom. The number of hydrazine groups is 1. The van der Waals surface area contributed by atoms with Crippen LogP contribution in [0.25, 0.3) is 10.8 Å². The summed E-state index contributed by atoms with van der Waals surface area (Å²) in [6, 6.07) is 8.11. The lowest BCUT2D eigenvalue weighted by molar-refractivity contribution is 0.649. The number of thiazole rings is 1. The molecule has 2 heterocycles. The van der Waals surface area contributed by atoms with E-state index in [1.165, 1.54) is 0 Å². The first kappa shape index (κ1) is 11.3. The van der Waals surface area contributed by atoms with Crippen molar-refractivity contribution < 1.29 is 0 Å². The molecule has 0 aliphatic heterocycles. The van der Waals surface area contributed by atoms with Crippen LogP contribution in [0.15, 0.2) is 48.4 Å². The molecule has 1 atom stereocenters. The molecule has 0 aliphatic rings. The first-order chi connectivity index (χ1) is 8.90. The molecule has 3 aromatic rings. The van der Waals surface area contributed by atoms with E-state index in [0.717, 1.165) is 21.2 Å². The highest BCUT2D eigenvalue weighted by Crippen LogP contribution is 2.29. The summed E-state index contributed by atoms with van der Waals surface area (Å²) >= 11 is 1.59. The lowest BCUT2D eigenvalue weighted by Crippen LogP contribution is -2.28. The first-order valence-corrected chi connectivity index (χ1v) is 6.45. The van der Waals surface area contributed by atoms with Gasteiger partial charge in [-0.25, -0.2) is 5.43 Å². The minimum absolute atomic E-state index is 0.0383. The van der Waals surface area contributed by atoms with Crippen LogP contribution in [-0.4, -0.2) is 9.97 Å². The van der Waals surface area contributed by atoms with E-state index in [9.17, 15) is 0 Å². The minimum Gasteiger partial charge on any atom is -0.271 e. The van der Waals surface area contributed by atoms with Crippen LogP contribution in [0.5, 0.6) is 0 Å². The van der Waals surface area contributed by atoms with Crippen molar-refractivity contribution in [3.8, 4) is 0 Å².